The van der Waals surface area contributed by atoms with E-state index in [1.165, 1.54) is 7.11 Å². The quantitative estimate of drug-likeness (QED) is 0.831. The first-order valence-corrected chi connectivity index (χ1v) is 4.53. The molecule has 0 aromatic heterocycles. The molecule has 1 aromatic carbocycles. The van der Waals surface area contributed by atoms with Crippen LogP contribution in [0.5, 0.6) is 11.5 Å². The molecule has 15 heavy (non-hydrogen) atoms. The van der Waals surface area contributed by atoms with Gasteiger partial charge in [-0.1, -0.05) is 0 Å². The highest BCUT2D eigenvalue weighted by Crippen LogP contribution is 2.33. The average molecular weight is 209 g/mol. The molecule has 0 radical (unpaired) electrons. The van der Waals surface area contributed by atoms with Gasteiger partial charge in [0.15, 0.2) is 11.5 Å². The van der Waals surface area contributed by atoms with Crippen LogP contribution in [0.15, 0.2) is 6.07 Å². The van der Waals surface area contributed by atoms with Crippen molar-refractivity contribution < 1.29 is 14.2 Å². The first-order valence-electron chi connectivity index (χ1n) is 4.53. The van der Waals surface area contributed by atoms with Crippen LogP contribution in [0.1, 0.15) is 17.5 Å². The van der Waals surface area contributed by atoms with Crippen LogP contribution < -0.4 is 4.74 Å². The van der Waals surface area contributed by atoms with Crippen molar-refractivity contribution in [3.8, 4) is 17.6 Å². The van der Waals surface area contributed by atoms with Crippen LogP contribution in [0.2, 0.25) is 0 Å². The lowest BCUT2D eigenvalue weighted by Crippen LogP contribution is -1.97. The van der Waals surface area contributed by atoms with Crippen LogP contribution in [0.25, 0.3) is 0 Å². The number of halogens is 1. The Balaban J connectivity index is 3.20. The van der Waals surface area contributed by atoms with Gasteiger partial charge in [0.2, 0.25) is 5.82 Å². The molecule has 0 spiro atoms. The number of hydrogen-bond acceptors (Lipinski definition) is 3. The Hall–Kier alpha value is -1.76. The standard InChI is InChI=1S/C11H12FNO2/c1-7-6-8(4-3-5-13)11(15-2)9(12)10(7)14/h6,14H,3-4H2,1-2H3. The maximum atomic E-state index is 13.5. The van der Waals surface area contributed by atoms with Crippen LogP contribution in [-0.4, -0.2) is 12.2 Å². The van der Waals surface area contributed by atoms with E-state index in [0.29, 0.717) is 24.0 Å². The van der Waals surface area contributed by atoms with Crippen molar-refractivity contribution in [3.63, 3.8) is 0 Å². The zero-order chi connectivity index (χ0) is 11.4. The van der Waals surface area contributed by atoms with Gasteiger partial charge in [-0.25, -0.2) is 0 Å². The smallest absolute Gasteiger partial charge is 0.207 e. The summed E-state index contributed by atoms with van der Waals surface area (Å²) in [6, 6.07) is 3.61. The molecule has 1 aromatic rings. The topological polar surface area (TPSA) is 53.2 Å². The third-order valence-corrected chi connectivity index (χ3v) is 2.17. The van der Waals surface area contributed by atoms with Gasteiger partial charge in [-0.3, -0.25) is 0 Å². The molecule has 1 rings (SSSR count). The van der Waals surface area contributed by atoms with Crippen LogP contribution in [0, 0.1) is 24.1 Å². The number of nitrogens with zero attached hydrogens (tertiary/aromatic N) is 1. The second-order valence-corrected chi connectivity index (χ2v) is 3.21. The summed E-state index contributed by atoms with van der Waals surface area (Å²) in [6.07, 6.45) is 0.706. The molecule has 0 aliphatic heterocycles. The van der Waals surface area contributed by atoms with Crippen LogP contribution >= 0.6 is 0 Å². The minimum Gasteiger partial charge on any atom is -0.505 e. The summed E-state index contributed by atoms with van der Waals surface area (Å²) in [4.78, 5) is 0. The van der Waals surface area contributed by atoms with Crippen LogP contribution in [0.4, 0.5) is 4.39 Å². The molecule has 0 saturated carbocycles. The van der Waals surface area contributed by atoms with E-state index in [0.717, 1.165) is 0 Å². The minimum absolute atomic E-state index is 0.0216. The lowest BCUT2D eigenvalue weighted by atomic mass is 10.0. The van der Waals surface area contributed by atoms with E-state index in [1.54, 1.807) is 13.0 Å². The predicted molar refractivity (Wildman–Crippen MR) is 53.3 cm³/mol. The molecule has 1 N–H and O–H groups in total. The summed E-state index contributed by atoms with van der Waals surface area (Å²) in [5.41, 5.74) is 1.05. The second-order valence-electron chi connectivity index (χ2n) is 3.21. The van der Waals surface area contributed by atoms with Gasteiger partial charge in [0.25, 0.3) is 0 Å². The van der Waals surface area contributed by atoms with Gasteiger partial charge in [-0.05, 0) is 30.5 Å². The molecule has 0 amide bonds. The Labute approximate surface area is 87.7 Å². The van der Waals surface area contributed by atoms with Gasteiger partial charge in [-0.2, -0.15) is 9.65 Å². The molecule has 0 aliphatic carbocycles. The van der Waals surface area contributed by atoms with E-state index >= 15 is 0 Å². The molecule has 80 valence electrons. The normalized spacial score (nSPS) is 9.73. The fraction of sp³-hybridized carbons (Fsp3) is 0.364. The van der Waals surface area contributed by atoms with E-state index in [2.05, 4.69) is 0 Å². The lowest BCUT2D eigenvalue weighted by Gasteiger charge is -2.11. The molecule has 0 heterocycles. The number of phenolic OH excluding ortho intramolecular Hbond substituents is 1. The molecule has 0 saturated heterocycles. The van der Waals surface area contributed by atoms with Crippen molar-refractivity contribution in [2.75, 3.05) is 7.11 Å². The molecule has 4 heteroatoms. The van der Waals surface area contributed by atoms with Crippen LogP contribution in [0.3, 0.4) is 0 Å². The number of methoxy groups -OCH3 is 1. The van der Waals surface area contributed by atoms with Crippen LogP contribution in [-0.2, 0) is 6.42 Å². The molecular weight excluding hydrogens is 197 g/mol. The van der Waals surface area contributed by atoms with Crippen molar-refractivity contribution in [1.82, 2.24) is 0 Å². The number of aryl methyl sites for hydroxylation is 2. The first kappa shape index (κ1) is 11.3. The number of aromatic hydroxyl groups is 1. The Morgan fingerprint density at radius 3 is 2.80 bits per heavy atom. The van der Waals surface area contributed by atoms with Gasteiger partial charge >= 0.3 is 0 Å². The maximum absolute atomic E-state index is 13.5. The highest BCUT2D eigenvalue weighted by molar-refractivity contribution is 5.47. The molecule has 0 fully saturated rings. The fourth-order valence-electron chi connectivity index (χ4n) is 1.41. The summed E-state index contributed by atoms with van der Waals surface area (Å²) in [6.45, 7) is 1.60. The Morgan fingerprint density at radius 2 is 2.27 bits per heavy atom. The Bertz CT molecular complexity index is 410. The van der Waals surface area contributed by atoms with Crippen molar-refractivity contribution in [2.24, 2.45) is 0 Å². The van der Waals surface area contributed by atoms with E-state index in [-0.39, 0.29) is 5.75 Å². The third kappa shape index (κ3) is 2.18. The molecule has 0 aliphatic rings. The van der Waals surface area contributed by atoms with Gasteiger partial charge in [0.05, 0.1) is 13.2 Å². The number of phenols is 1. The number of ether oxygens (including phenoxy) is 1. The number of rotatable bonds is 3. The van der Waals surface area contributed by atoms with Crippen molar-refractivity contribution in [1.29, 1.82) is 5.26 Å². The fourth-order valence-corrected chi connectivity index (χ4v) is 1.41. The monoisotopic (exact) mass is 209 g/mol. The summed E-state index contributed by atoms with van der Waals surface area (Å²) in [5.74, 6) is -1.13. The predicted octanol–water partition coefficient (Wildman–Crippen LogP) is 2.30. The van der Waals surface area contributed by atoms with Gasteiger partial charge in [-0.15, -0.1) is 0 Å². The molecule has 3 nitrogen and oxygen atoms in total. The summed E-state index contributed by atoms with van der Waals surface area (Å²) in [5, 5.41) is 17.8. The average Bonchev–Trinajstić information content (AvgIpc) is 2.23. The van der Waals surface area contributed by atoms with Crippen molar-refractivity contribution >= 4 is 0 Å². The molecule has 0 atom stereocenters. The number of hydrogen-bond donors (Lipinski definition) is 1. The Morgan fingerprint density at radius 1 is 1.60 bits per heavy atom. The summed E-state index contributed by atoms with van der Waals surface area (Å²) < 4.78 is 18.4. The van der Waals surface area contributed by atoms with E-state index in [4.69, 9.17) is 10.00 Å². The lowest BCUT2D eigenvalue weighted by molar-refractivity contribution is 0.359. The summed E-state index contributed by atoms with van der Waals surface area (Å²) in [7, 11) is 1.34. The second kappa shape index (κ2) is 4.65. The first-order chi connectivity index (χ1) is 7.11. The minimum atomic E-state index is -0.759. The highest BCUT2D eigenvalue weighted by Gasteiger charge is 2.15. The third-order valence-electron chi connectivity index (χ3n) is 2.17. The zero-order valence-corrected chi connectivity index (χ0v) is 8.67. The number of nitriles is 1. The highest BCUT2D eigenvalue weighted by atomic mass is 19.1. The van der Waals surface area contributed by atoms with E-state index in [9.17, 15) is 9.50 Å². The maximum Gasteiger partial charge on any atom is 0.207 e. The van der Waals surface area contributed by atoms with Gasteiger partial charge in [0.1, 0.15) is 0 Å². The van der Waals surface area contributed by atoms with E-state index in [1.807, 2.05) is 6.07 Å². The molecule has 0 unspecified atom stereocenters. The Kier molecular flexibility index (Phi) is 3.51. The largest absolute Gasteiger partial charge is 0.505 e. The zero-order valence-electron chi connectivity index (χ0n) is 8.67. The SMILES string of the molecule is COc1c(CCC#N)cc(C)c(O)c1F. The van der Waals surface area contributed by atoms with Crippen molar-refractivity contribution in [3.05, 3.63) is 23.0 Å². The van der Waals surface area contributed by atoms with Crippen molar-refractivity contribution in [2.45, 2.75) is 19.8 Å². The number of benzene rings is 1. The van der Waals surface area contributed by atoms with E-state index < -0.39 is 11.6 Å². The molecule has 0 bridgehead atoms. The molecular formula is C11H12FNO2. The summed E-state index contributed by atoms with van der Waals surface area (Å²) >= 11 is 0. The van der Waals surface area contributed by atoms with Gasteiger partial charge < -0.3 is 9.84 Å². The van der Waals surface area contributed by atoms with Gasteiger partial charge in [0, 0.05) is 6.42 Å².